The monoisotopic (exact) mass is 571 g/mol. The molecule has 0 fully saturated rings. The summed E-state index contributed by atoms with van der Waals surface area (Å²) < 4.78 is 53.0. The summed E-state index contributed by atoms with van der Waals surface area (Å²) in [4.78, 5) is 27.9. The van der Waals surface area contributed by atoms with Crippen molar-refractivity contribution in [1.29, 1.82) is 0 Å². The molecule has 0 saturated heterocycles. The van der Waals surface area contributed by atoms with E-state index in [0.29, 0.717) is 18.7 Å². The minimum absolute atomic E-state index is 0.0762. The van der Waals surface area contributed by atoms with Crippen molar-refractivity contribution in [3.8, 4) is 11.5 Å². The van der Waals surface area contributed by atoms with Gasteiger partial charge < -0.3 is 19.7 Å². The summed E-state index contributed by atoms with van der Waals surface area (Å²) in [7, 11) is -1.56. The third-order valence-corrected chi connectivity index (χ3v) is 8.02. The van der Waals surface area contributed by atoms with Gasteiger partial charge in [0.2, 0.25) is 11.8 Å². The van der Waals surface area contributed by atoms with Crippen LogP contribution in [0.15, 0.2) is 77.7 Å². The summed E-state index contributed by atoms with van der Waals surface area (Å²) in [6.45, 7) is 3.38. The third kappa shape index (κ3) is 7.29. The summed E-state index contributed by atoms with van der Waals surface area (Å²) in [5.74, 6) is -1.03. The molecule has 0 aliphatic carbocycles. The van der Waals surface area contributed by atoms with Crippen molar-refractivity contribution in [2.24, 2.45) is 0 Å². The second-order valence-corrected chi connectivity index (χ2v) is 10.8. The highest BCUT2D eigenvalue weighted by atomic mass is 32.2. The molecular formula is C29H34FN3O6S. The van der Waals surface area contributed by atoms with Gasteiger partial charge in [0.1, 0.15) is 18.4 Å². The van der Waals surface area contributed by atoms with Gasteiger partial charge in [-0.15, -0.1) is 0 Å². The van der Waals surface area contributed by atoms with Crippen molar-refractivity contribution in [1.82, 2.24) is 10.2 Å². The first-order valence-corrected chi connectivity index (χ1v) is 14.2. The summed E-state index contributed by atoms with van der Waals surface area (Å²) in [6.07, 6.45) is 0.715. The molecule has 0 aliphatic heterocycles. The number of sulfonamides is 1. The van der Waals surface area contributed by atoms with Crippen LogP contribution >= 0.6 is 0 Å². The fraction of sp³-hybridized carbons (Fsp3) is 0.310. The molecule has 2 amide bonds. The molecule has 0 unspecified atom stereocenters. The molecular weight excluding hydrogens is 537 g/mol. The Kier molecular flexibility index (Phi) is 10.5. The first-order chi connectivity index (χ1) is 19.1. The summed E-state index contributed by atoms with van der Waals surface area (Å²) in [5, 5.41) is 2.79. The number of benzene rings is 3. The Hall–Kier alpha value is -4.12. The van der Waals surface area contributed by atoms with E-state index in [1.54, 1.807) is 6.92 Å². The van der Waals surface area contributed by atoms with Crippen molar-refractivity contribution < 1.29 is 31.9 Å². The summed E-state index contributed by atoms with van der Waals surface area (Å²) in [5.41, 5.74) is 0.842. The van der Waals surface area contributed by atoms with Crippen LogP contribution < -0.4 is 19.1 Å². The molecule has 9 nitrogen and oxygen atoms in total. The van der Waals surface area contributed by atoms with E-state index in [-0.39, 0.29) is 28.8 Å². The molecule has 40 heavy (non-hydrogen) atoms. The second-order valence-electron chi connectivity index (χ2n) is 8.98. The number of anilines is 1. The molecule has 0 aliphatic rings. The van der Waals surface area contributed by atoms with E-state index >= 15 is 0 Å². The van der Waals surface area contributed by atoms with Gasteiger partial charge in [-0.2, -0.15) is 0 Å². The number of hydrogen-bond donors (Lipinski definition) is 1. The maximum Gasteiger partial charge on any atom is 0.264 e. The van der Waals surface area contributed by atoms with Crippen LogP contribution in [0.4, 0.5) is 10.1 Å². The molecule has 0 bridgehead atoms. The van der Waals surface area contributed by atoms with Crippen molar-refractivity contribution in [3.63, 3.8) is 0 Å². The maximum absolute atomic E-state index is 13.9. The predicted octanol–water partition coefficient (Wildman–Crippen LogP) is 3.98. The maximum atomic E-state index is 13.9. The van der Waals surface area contributed by atoms with Gasteiger partial charge in [-0.25, -0.2) is 12.8 Å². The lowest BCUT2D eigenvalue weighted by Crippen LogP contribution is -2.51. The summed E-state index contributed by atoms with van der Waals surface area (Å²) >= 11 is 0. The van der Waals surface area contributed by atoms with Crippen LogP contribution in [0.25, 0.3) is 0 Å². The zero-order valence-electron chi connectivity index (χ0n) is 23.0. The van der Waals surface area contributed by atoms with E-state index in [0.717, 1.165) is 22.0 Å². The van der Waals surface area contributed by atoms with E-state index in [2.05, 4.69) is 5.32 Å². The van der Waals surface area contributed by atoms with Gasteiger partial charge in [0.05, 0.1) is 24.8 Å². The van der Waals surface area contributed by atoms with Gasteiger partial charge >= 0.3 is 0 Å². The number of nitrogens with zero attached hydrogens (tertiary/aromatic N) is 2. The molecule has 0 radical (unpaired) electrons. The molecule has 0 aromatic heterocycles. The number of hydrogen-bond acceptors (Lipinski definition) is 6. The smallest absolute Gasteiger partial charge is 0.264 e. The van der Waals surface area contributed by atoms with Crippen LogP contribution in [0, 0.1) is 5.82 Å². The van der Waals surface area contributed by atoms with Gasteiger partial charge in [-0.05, 0) is 55.3 Å². The predicted molar refractivity (Wildman–Crippen MR) is 150 cm³/mol. The standard InChI is InChI=1S/C29H34FN3O6S/c1-5-17-31-29(35)21(2)32(19-22-9-7-6-8-10-22)28(34)20-33(24-13-11-23(30)12-14-24)40(36,37)25-15-16-26(38-3)27(18-25)39-4/h6-16,18,21H,5,17,19-20H2,1-4H3,(H,31,35)/t21-/m0/s1. The number of nitrogens with one attached hydrogen (secondary N) is 1. The molecule has 0 heterocycles. The quantitative estimate of drug-likeness (QED) is 0.333. The zero-order valence-corrected chi connectivity index (χ0v) is 23.8. The highest BCUT2D eigenvalue weighted by Gasteiger charge is 2.33. The number of rotatable bonds is 13. The largest absolute Gasteiger partial charge is 0.493 e. The first-order valence-electron chi connectivity index (χ1n) is 12.7. The molecule has 3 aromatic carbocycles. The van der Waals surface area contributed by atoms with E-state index in [1.165, 1.54) is 49.5 Å². The first kappa shape index (κ1) is 30.4. The number of methoxy groups -OCH3 is 2. The van der Waals surface area contributed by atoms with Crippen molar-refractivity contribution >= 4 is 27.5 Å². The van der Waals surface area contributed by atoms with Gasteiger partial charge in [0, 0.05) is 19.2 Å². The molecule has 1 atom stereocenters. The van der Waals surface area contributed by atoms with Crippen LogP contribution in [-0.2, 0) is 26.2 Å². The van der Waals surface area contributed by atoms with E-state index in [4.69, 9.17) is 9.47 Å². The Labute approximate surface area is 234 Å². The minimum Gasteiger partial charge on any atom is -0.493 e. The van der Waals surface area contributed by atoms with E-state index in [9.17, 15) is 22.4 Å². The van der Waals surface area contributed by atoms with Crippen molar-refractivity contribution in [3.05, 3.63) is 84.2 Å². The Bertz CT molecular complexity index is 1400. The Morgan fingerprint density at radius 1 is 0.950 bits per heavy atom. The highest BCUT2D eigenvalue weighted by Crippen LogP contribution is 2.32. The number of carbonyl (C=O) groups excluding carboxylic acids is 2. The lowest BCUT2D eigenvalue weighted by atomic mass is 10.1. The third-order valence-electron chi connectivity index (χ3n) is 6.25. The van der Waals surface area contributed by atoms with Crippen LogP contribution in [0.5, 0.6) is 11.5 Å². The Balaban J connectivity index is 2.04. The molecule has 3 aromatic rings. The highest BCUT2D eigenvalue weighted by molar-refractivity contribution is 7.92. The topological polar surface area (TPSA) is 105 Å². The van der Waals surface area contributed by atoms with Crippen molar-refractivity contribution in [2.45, 2.75) is 37.8 Å². The molecule has 0 saturated carbocycles. The van der Waals surface area contributed by atoms with Gasteiger partial charge in [0.15, 0.2) is 11.5 Å². The molecule has 1 N–H and O–H groups in total. The van der Waals surface area contributed by atoms with Crippen LogP contribution in [0.3, 0.4) is 0 Å². The number of halogens is 1. The number of ether oxygens (including phenoxy) is 2. The SMILES string of the molecule is CCCNC(=O)[C@H](C)N(Cc1ccccc1)C(=O)CN(c1ccc(F)cc1)S(=O)(=O)c1ccc(OC)c(OC)c1. The Morgan fingerprint density at radius 2 is 1.60 bits per heavy atom. The second kappa shape index (κ2) is 13.8. The zero-order chi connectivity index (χ0) is 29.3. The number of carbonyl (C=O) groups is 2. The molecule has 214 valence electrons. The number of amides is 2. The molecule has 3 rings (SSSR count). The average Bonchev–Trinajstić information content (AvgIpc) is 2.97. The van der Waals surface area contributed by atoms with Gasteiger partial charge in [-0.3, -0.25) is 13.9 Å². The average molecular weight is 572 g/mol. The lowest BCUT2D eigenvalue weighted by molar-refractivity contribution is -0.139. The van der Waals surface area contributed by atoms with Gasteiger partial charge in [-0.1, -0.05) is 37.3 Å². The molecule has 11 heteroatoms. The van der Waals surface area contributed by atoms with Gasteiger partial charge in [0.25, 0.3) is 10.0 Å². The Morgan fingerprint density at radius 3 is 2.20 bits per heavy atom. The van der Waals surface area contributed by atoms with Crippen LogP contribution in [-0.4, -0.2) is 58.5 Å². The van der Waals surface area contributed by atoms with Crippen LogP contribution in [0.2, 0.25) is 0 Å². The van der Waals surface area contributed by atoms with Crippen LogP contribution in [0.1, 0.15) is 25.8 Å². The fourth-order valence-corrected chi connectivity index (χ4v) is 5.43. The normalized spacial score (nSPS) is 11.8. The summed E-state index contributed by atoms with van der Waals surface area (Å²) in [6, 6.07) is 17.0. The van der Waals surface area contributed by atoms with E-state index in [1.807, 2.05) is 37.3 Å². The van der Waals surface area contributed by atoms with Crippen molar-refractivity contribution in [2.75, 3.05) is 31.6 Å². The lowest BCUT2D eigenvalue weighted by Gasteiger charge is -2.32. The minimum atomic E-state index is -4.36. The van der Waals surface area contributed by atoms with E-state index < -0.39 is 34.3 Å². The molecule has 0 spiro atoms. The fourth-order valence-electron chi connectivity index (χ4n) is 4.00.